The third-order valence-corrected chi connectivity index (χ3v) is 3.40. The number of ether oxygens (including phenoxy) is 1. The number of benzene rings is 1. The monoisotopic (exact) mass is 311 g/mol. The third-order valence-electron chi connectivity index (χ3n) is 3.03. The summed E-state index contributed by atoms with van der Waals surface area (Å²) in [6.45, 7) is 4.84. The summed E-state index contributed by atoms with van der Waals surface area (Å²) in [5.41, 5.74) is 0.882. The molecule has 1 aromatic rings. The molecule has 0 fully saturated rings. The average molecular weight is 312 g/mol. The van der Waals surface area contributed by atoms with E-state index in [2.05, 4.69) is 0 Å². The van der Waals surface area contributed by atoms with Crippen LogP contribution in [-0.2, 0) is 20.9 Å². The number of rotatable bonds is 8. The van der Waals surface area contributed by atoms with Crippen LogP contribution in [0.1, 0.15) is 38.7 Å². The van der Waals surface area contributed by atoms with Gasteiger partial charge in [0.1, 0.15) is 0 Å². The van der Waals surface area contributed by atoms with E-state index >= 15 is 0 Å². The van der Waals surface area contributed by atoms with Crippen LogP contribution >= 0.6 is 11.6 Å². The molecule has 1 rings (SSSR count). The molecule has 1 aromatic carbocycles. The van der Waals surface area contributed by atoms with E-state index in [1.165, 1.54) is 0 Å². The molecule has 0 unspecified atom stereocenters. The van der Waals surface area contributed by atoms with Crippen LogP contribution in [0.3, 0.4) is 0 Å². The number of halogens is 1. The zero-order valence-corrected chi connectivity index (χ0v) is 13.4. The fourth-order valence-corrected chi connectivity index (χ4v) is 2.15. The first kappa shape index (κ1) is 17.5. The summed E-state index contributed by atoms with van der Waals surface area (Å²) >= 11 is 6.13. The lowest BCUT2D eigenvalue weighted by Gasteiger charge is -2.23. The van der Waals surface area contributed by atoms with Crippen LogP contribution in [0.5, 0.6) is 0 Å². The molecule has 0 aliphatic heterocycles. The van der Waals surface area contributed by atoms with Crippen molar-refractivity contribution in [3.05, 3.63) is 34.9 Å². The first-order chi connectivity index (χ1) is 10.1. The van der Waals surface area contributed by atoms with Gasteiger partial charge in [0.05, 0.1) is 13.0 Å². The van der Waals surface area contributed by atoms with Gasteiger partial charge in [0.15, 0.2) is 0 Å². The van der Waals surface area contributed by atoms with E-state index in [0.29, 0.717) is 31.1 Å². The van der Waals surface area contributed by atoms with Crippen LogP contribution < -0.4 is 0 Å². The normalized spacial score (nSPS) is 10.2. The lowest BCUT2D eigenvalue weighted by atomic mass is 10.2. The minimum atomic E-state index is -0.286. The summed E-state index contributed by atoms with van der Waals surface area (Å²) in [5.74, 6) is -0.257. The number of amides is 1. The van der Waals surface area contributed by atoms with Gasteiger partial charge in [0.25, 0.3) is 0 Å². The van der Waals surface area contributed by atoms with E-state index in [4.69, 9.17) is 16.3 Å². The van der Waals surface area contributed by atoms with Crippen molar-refractivity contribution < 1.29 is 14.3 Å². The summed E-state index contributed by atoms with van der Waals surface area (Å²) < 4.78 is 4.90. The molecule has 0 saturated carbocycles. The van der Waals surface area contributed by atoms with Crippen LogP contribution in [0.25, 0.3) is 0 Å². The Hall–Kier alpha value is -1.55. The maximum Gasteiger partial charge on any atom is 0.307 e. The Balaban J connectivity index is 2.71. The molecule has 0 heterocycles. The molecule has 0 spiro atoms. The van der Waals surface area contributed by atoms with Gasteiger partial charge in [0, 0.05) is 24.5 Å². The van der Waals surface area contributed by atoms with Crippen molar-refractivity contribution in [2.24, 2.45) is 0 Å². The Morgan fingerprint density at radius 3 is 2.52 bits per heavy atom. The molecule has 0 aliphatic rings. The fraction of sp³-hybridized carbons (Fsp3) is 0.500. The highest BCUT2D eigenvalue weighted by Crippen LogP contribution is 2.18. The second kappa shape index (κ2) is 9.40. The standard InChI is InChI=1S/C16H22ClNO3/c1-3-7-15(19)18(11-10-16(20)21-4-2)12-13-8-5-6-9-14(13)17/h5-6,8-9H,3-4,7,10-12H2,1-2H3. The lowest BCUT2D eigenvalue weighted by Crippen LogP contribution is -2.32. The van der Waals surface area contributed by atoms with Crippen molar-refractivity contribution in [1.29, 1.82) is 0 Å². The minimum Gasteiger partial charge on any atom is -0.466 e. The van der Waals surface area contributed by atoms with E-state index in [-0.39, 0.29) is 18.3 Å². The van der Waals surface area contributed by atoms with Crippen LogP contribution in [0.15, 0.2) is 24.3 Å². The molecule has 1 amide bonds. The fourth-order valence-electron chi connectivity index (χ4n) is 1.96. The summed E-state index contributed by atoms with van der Waals surface area (Å²) in [6.07, 6.45) is 1.44. The van der Waals surface area contributed by atoms with Gasteiger partial charge in [-0.25, -0.2) is 0 Å². The van der Waals surface area contributed by atoms with E-state index in [1.54, 1.807) is 17.9 Å². The molecule has 21 heavy (non-hydrogen) atoms. The van der Waals surface area contributed by atoms with Crippen molar-refractivity contribution in [2.75, 3.05) is 13.2 Å². The van der Waals surface area contributed by atoms with E-state index in [1.807, 2.05) is 25.1 Å². The quantitative estimate of drug-likeness (QED) is 0.691. The molecule has 0 bridgehead atoms. The third kappa shape index (κ3) is 6.17. The molecule has 0 aromatic heterocycles. The molecular formula is C16H22ClNO3. The smallest absolute Gasteiger partial charge is 0.307 e. The Morgan fingerprint density at radius 1 is 1.19 bits per heavy atom. The summed E-state index contributed by atoms with van der Waals surface area (Å²) in [6, 6.07) is 7.42. The molecular weight excluding hydrogens is 290 g/mol. The van der Waals surface area contributed by atoms with Crippen LogP contribution in [0, 0.1) is 0 Å². The molecule has 4 nitrogen and oxygen atoms in total. The van der Waals surface area contributed by atoms with Gasteiger partial charge in [-0.1, -0.05) is 36.7 Å². The number of esters is 1. The maximum atomic E-state index is 12.2. The van der Waals surface area contributed by atoms with Crippen molar-refractivity contribution in [1.82, 2.24) is 4.90 Å². The van der Waals surface area contributed by atoms with Crippen LogP contribution in [0.4, 0.5) is 0 Å². The SMILES string of the molecule is CCCC(=O)N(CCC(=O)OCC)Cc1ccccc1Cl. The maximum absolute atomic E-state index is 12.2. The van der Waals surface area contributed by atoms with Crippen molar-refractivity contribution in [3.63, 3.8) is 0 Å². The first-order valence-electron chi connectivity index (χ1n) is 7.25. The molecule has 5 heteroatoms. The Bertz CT molecular complexity index is 476. The highest BCUT2D eigenvalue weighted by atomic mass is 35.5. The molecule has 0 saturated heterocycles. The Kier molecular flexibility index (Phi) is 7.83. The second-order valence-corrected chi connectivity index (χ2v) is 5.12. The summed E-state index contributed by atoms with van der Waals surface area (Å²) in [5, 5.41) is 0.628. The number of carbonyl (C=O) groups is 2. The zero-order chi connectivity index (χ0) is 15.7. The average Bonchev–Trinajstić information content (AvgIpc) is 2.45. The minimum absolute atomic E-state index is 0.0294. The number of hydrogen-bond donors (Lipinski definition) is 0. The first-order valence-corrected chi connectivity index (χ1v) is 7.63. The van der Waals surface area contributed by atoms with Gasteiger partial charge < -0.3 is 9.64 Å². The molecule has 116 valence electrons. The van der Waals surface area contributed by atoms with Crippen LogP contribution in [-0.4, -0.2) is 29.9 Å². The van der Waals surface area contributed by atoms with Crippen molar-refractivity contribution in [3.8, 4) is 0 Å². The van der Waals surface area contributed by atoms with Gasteiger partial charge in [-0.05, 0) is 25.0 Å². The summed E-state index contributed by atoms with van der Waals surface area (Å²) in [7, 11) is 0. The lowest BCUT2D eigenvalue weighted by molar-refractivity contribution is -0.144. The van der Waals surface area contributed by atoms with Gasteiger partial charge in [-0.15, -0.1) is 0 Å². The van der Waals surface area contributed by atoms with Crippen molar-refractivity contribution in [2.45, 2.75) is 39.7 Å². The highest BCUT2D eigenvalue weighted by Gasteiger charge is 2.16. The number of nitrogens with zero attached hydrogens (tertiary/aromatic N) is 1. The van der Waals surface area contributed by atoms with E-state index in [9.17, 15) is 9.59 Å². The van der Waals surface area contributed by atoms with Gasteiger partial charge >= 0.3 is 5.97 Å². The summed E-state index contributed by atoms with van der Waals surface area (Å²) in [4.78, 5) is 25.3. The molecule has 0 aliphatic carbocycles. The van der Waals surface area contributed by atoms with E-state index in [0.717, 1.165) is 12.0 Å². The number of carbonyl (C=O) groups excluding carboxylic acids is 2. The largest absolute Gasteiger partial charge is 0.466 e. The molecule has 0 N–H and O–H groups in total. The predicted molar refractivity (Wildman–Crippen MR) is 83.0 cm³/mol. The Morgan fingerprint density at radius 2 is 1.90 bits per heavy atom. The highest BCUT2D eigenvalue weighted by molar-refractivity contribution is 6.31. The van der Waals surface area contributed by atoms with Gasteiger partial charge in [-0.3, -0.25) is 9.59 Å². The number of hydrogen-bond acceptors (Lipinski definition) is 3. The van der Waals surface area contributed by atoms with Crippen LogP contribution in [0.2, 0.25) is 5.02 Å². The predicted octanol–water partition coefficient (Wildman–Crippen LogP) is 3.42. The molecule has 0 atom stereocenters. The molecule has 0 radical (unpaired) electrons. The zero-order valence-electron chi connectivity index (χ0n) is 12.6. The van der Waals surface area contributed by atoms with Gasteiger partial charge in [-0.2, -0.15) is 0 Å². The van der Waals surface area contributed by atoms with Gasteiger partial charge in [0.2, 0.25) is 5.91 Å². The topological polar surface area (TPSA) is 46.6 Å². The van der Waals surface area contributed by atoms with E-state index < -0.39 is 0 Å². The van der Waals surface area contributed by atoms with Crippen molar-refractivity contribution >= 4 is 23.5 Å². The second-order valence-electron chi connectivity index (χ2n) is 4.71. The Labute approximate surface area is 131 Å².